The molecular formula is C6H4BClF3K. The van der Waals surface area contributed by atoms with Crippen molar-refractivity contribution in [2.75, 3.05) is 0 Å². The van der Waals surface area contributed by atoms with Crippen LogP contribution in [0, 0.1) is 6.07 Å². The zero-order valence-corrected chi connectivity index (χ0v) is 10.3. The van der Waals surface area contributed by atoms with Gasteiger partial charge in [-0.15, -0.1) is 11.6 Å². The van der Waals surface area contributed by atoms with E-state index in [0.29, 0.717) is 0 Å². The summed E-state index contributed by atoms with van der Waals surface area (Å²) in [6.45, 7) is 0. The molecule has 0 heterocycles. The van der Waals surface area contributed by atoms with Crippen LogP contribution in [0.2, 0.25) is 5.02 Å². The van der Waals surface area contributed by atoms with Gasteiger partial charge in [-0.3, -0.25) is 12.9 Å². The summed E-state index contributed by atoms with van der Waals surface area (Å²) in [5.74, 6) is 0. The number of rotatable bonds is 0. The Hall–Kier alpha value is 1.00. The minimum atomic E-state index is -3.67. The molecule has 12 heavy (non-hydrogen) atoms. The van der Waals surface area contributed by atoms with Crippen molar-refractivity contribution in [2.45, 2.75) is 0 Å². The summed E-state index contributed by atoms with van der Waals surface area (Å²) in [6, 6.07) is 10.00. The van der Waals surface area contributed by atoms with Crippen LogP contribution in [0.25, 0.3) is 0 Å². The summed E-state index contributed by atoms with van der Waals surface area (Å²) < 4.78 is 29.0. The summed E-state index contributed by atoms with van der Waals surface area (Å²) in [5, 5.41) is 0.763. The van der Waals surface area contributed by atoms with Crippen molar-refractivity contribution >= 4 is 19.1 Å². The van der Waals surface area contributed by atoms with Crippen molar-refractivity contribution in [1.29, 1.82) is 0 Å². The van der Waals surface area contributed by atoms with Gasteiger partial charge in [0.1, 0.15) is 0 Å². The van der Waals surface area contributed by atoms with Crippen LogP contribution in [0.4, 0.5) is 12.9 Å². The molecule has 1 aromatic carbocycles. The van der Waals surface area contributed by atoms with Crippen LogP contribution < -0.4 is 51.4 Å². The van der Waals surface area contributed by atoms with Crippen LogP contribution >= 0.6 is 11.6 Å². The van der Waals surface area contributed by atoms with Gasteiger partial charge in [0.25, 0.3) is 0 Å². The first-order valence-electron chi connectivity index (χ1n) is 2.67. The summed E-state index contributed by atoms with van der Waals surface area (Å²) >= 11 is 5.52. The SMILES string of the molecule is Clc1cc[c-]cc1.FB(F)F.[K+]. The molecule has 0 aliphatic carbocycles. The molecule has 0 fully saturated rings. The van der Waals surface area contributed by atoms with Gasteiger partial charge in [-0.05, 0) is 0 Å². The molecule has 60 valence electrons. The van der Waals surface area contributed by atoms with E-state index in [1.807, 2.05) is 0 Å². The molecular weight excluding hydrogens is 214 g/mol. The standard InChI is InChI=1S/C6H4Cl.BF3.K/c7-6-4-2-1-3-5-6;2-1(3)4;/h2-5H;;/q-1;;+1. The van der Waals surface area contributed by atoms with Crippen LogP contribution in [0.5, 0.6) is 0 Å². The van der Waals surface area contributed by atoms with Gasteiger partial charge in [-0.2, -0.15) is 30.3 Å². The first-order valence-corrected chi connectivity index (χ1v) is 3.04. The van der Waals surface area contributed by atoms with Crippen LogP contribution in [0.3, 0.4) is 0 Å². The van der Waals surface area contributed by atoms with Crippen molar-refractivity contribution in [3.8, 4) is 0 Å². The quantitative estimate of drug-likeness (QED) is 0.426. The smallest absolute Gasteiger partial charge is 0.254 e. The number of hydrogen-bond donors (Lipinski definition) is 0. The molecule has 1 aromatic rings. The molecule has 0 aromatic heterocycles. The third kappa shape index (κ3) is 13.6. The molecule has 1 rings (SSSR count). The molecule has 0 N–H and O–H groups in total. The van der Waals surface area contributed by atoms with E-state index in [2.05, 4.69) is 6.07 Å². The van der Waals surface area contributed by atoms with Gasteiger partial charge in [-0.1, -0.05) is 5.02 Å². The average molecular weight is 218 g/mol. The van der Waals surface area contributed by atoms with Crippen LogP contribution in [-0.2, 0) is 0 Å². The van der Waals surface area contributed by atoms with Crippen molar-refractivity contribution in [3.05, 3.63) is 35.4 Å². The molecule has 0 saturated carbocycles. The Morgan fingerprint density at radius 1 is 1.17 bits per heavy atom. The number of hydrogen-bond acceptors (Lipinski definition) is 0. The minimum Gasteiger partial charge on any atom is -0.254 e. The van der Waals surface area contributed by atoms with Crippen molar-refractivity contribution < 1.29 is 64.3 Å². The predicted molar refractivity (Wildman–Crippen MR) is 39.4 cm³/mol. The number of halogens is 4. The fraction of sp³-hybridized carbons (Fsp3) is 0. The maximum Gasteiger partial charge on any atom is 1.00 e. The van der Waals surface area contributed by atoms with E-state index in [1.54, 1.807) is 24.3 Å². The van der Waals surface area contributed by atoms with Crippen LogP contribution in [0.1, 0.15) is 0 Å². The van der Waals surface area contributed by atoms with Gasteiger partial charge in [0, 0.05) is 0 Å². The molecule has 0 atom stereocenters. The van der Waals surface area contributed by atoms with Gasteiger partial charge in [-0.25, -0.2) is 0 Å². The van der Waals surface area contributed by atoms with Gasteiger partial charge in [0.05, 0.1) is 0 Å². The fourth-order valence-corrected chi connectivity index (χ4v) is 0.493. The van der Waals surface area contributed by atoms with E-state index in [4.69, 9.17) is 11.6 Å². The molecule has 0 aliphatic rings. The minimum absolute atomic E-state index is 0. The van der Waals surface area contributed by atoms with Gasteiger partial charge < -0.3 is 0 Å². The number of benzene rings is 1. The molecule has 0 nitrogen and oxygen atoms in total. The van der Waals surface area contributed by atoms with Crippen molar-refractivity contribution in [2.24, 2.45) is 0 Å². The van der Waals surface area contributed by atoms with E-state index in [9.17, 15) is 12.9 Å². The zero-order valence-electron chi connectivity index (χ0n) is 6.40. The molecule has 6 heteroatoms. The monoisotopic (exact) mass is 218 g/mol. The molecule has 0 radical (unpaired) electrons. The third-order valence-electron chi connectivity index (χ3n) is 0.678. The van der Waals surface area contributed by atoms with Crippen molar-refractivity contribution in [1.82, 2.24) is 0 Å². The second-order valence-corrected chi connectivity index (χ2v) is 1.90. The summed E-state index contributed by atoms with van der Waals surface area (Å²) in [6.07, 6.45) is 0. The largest absolute Gasteiger partial charge is 1.00 e. The van der Waals surface area contributed by atoms with Gasteiger partial charge >= 0.3 is 58.9 Å². The normalized spacial score (nSPS) is 7.33. The Balaban J connectivity index is 0. The first kappa shape index (κ1) is 15.5. The molecule has 0 unspecified atom stereocenters. The second-order valence-electron chi connectivity index (χ2n) is 1.47. The Bertz CT molecular complexity index is 183. The summed E-state index contributed by atoms with van der Waals surface area (Å²) in [5.41, 5.74) is 0. The third-order valence-corrected chi connectivity index (χ3v) is 0.930. The van der Waals surface area contributed by atoms with Crippen molar-refractivity contribution in [3.63, 3.8) is 0 Å². The molecule has 0 amide bonds. The zero-order chi connectivity index (χ0) is 8.69. The fourth-order valence-electron chi connectivity index (χ4n) is 0.367. The Kier molecular flexibility index (Phi) is 13.0. The van der Waals surface area contributed by atoms with E-state index >= 15 is 0 Å². The van der Waals surface area contributed by atoms with Gasteiger partial charge in [0.2, 0.25) is 0 Å². The van der Waals surface area contributed by atoms with E-state index in [1.165, 1.54) is 0 Å². The Morgan fingerprint density at radius 2 is 1.50 bits per heavy atom. The predicted octanol–water partition coefficient (Wildman–Crippen LogP) is 0.0240. The van der Waals surface area contributed by atoms with Gasteiger partial charge in [0.15, 0.2) is 0 Å². The molecule has 0 saturated heterocycles. The molecule has 0 bridgehead atoms. The van der Waals surface area contributed by atoms with Crippen LogP contribution in [-0.4, -0.2) is 7.54 Å². The van der Waals surface area contributed by atoms with Crippen LogP contribution in [0.15, 0.2) is 24.3 Å². The summed E-state index contributed by atoms with van der Waals surface area (Å²) in [4.78, 5) is 0. The maximum atomic E-state index is 9.67. The topological polar surface area (TPSA) is 0 Å². The summed E-state index contributed by atoms with van der Waals surface area (Å²) in [7, 11) is -3.67. The Morgan fingerprint density at radius 3 is 1.67 bits per heavy atom. The van der Waals surface area contributed by atoms with E-state index < -0.39 is 7.54 Å². The maximum absolute atomic E-state index is 9.67. The van der Waals surface area contributed by atoms with E-state index in [0.717, 1.165) is 5.02 Å². The van der Waals surface area contributed by atoms with E-state index in [-0.39, 0.29) is 51.4 Å². The second kappa shape index (κ2) is 10.1. The Labute approximate surface area is 117 Å². The first-order chi connectivity index (χ1) is 5.13. The molecule has 0 spiro atoms. The molecule has 0 aliphatic heterocycles. The average Bonchev–Trinajstić information content (AvgIpc) is 1.87.